The summed E-state index contributed by atoms with van der Waals surface area (Å²) in [6.07, 6.45) is 1.66. The van der Waals surface area contributed by atoms with Crippen molar-refractivity contribution in [2.75, 3.05) is 19.0 Å². The minimum Gasteiger partial charge on any atom is -0.495 e. The number of aryl methyl sites for hydroxylation is 2. The second kappa shape index (κ2) is 7.98. The molecule has 0 aliphatic rings. The highest BCUT2D eigenvalue weighted by molar-refractivity contribution is 5.85. The number of methoxy groups -OCH3 is 1. The van der Waals surface area contributed by atoms with Crippen LogP contribution in [-0.2, 0) is 4.79 Å². The van der Waals surface area contributed by atoms with Gasteiger partial charge in [-0.15, -0.1) is 0 Å². The van der Waals surface area contributed by atoms with E-state index < -0.39 is 0 Å². The Balaban J connectivity index is 1.88. The minimum atomic E-state index is -0.225. The first-order valence-electron chi connectivity index (χ1n) is 7.36. The molecule has 0 aromatic heterocycles. The third kappa shape index (κ3) is 4.85. The molecule has 1 amide bonds. The number of ether oxygens (including phenoxy) is 1. The SMILES string of the molecule is COc1ccccc1NCC(=O)N/N=C/c1cc(C)ccc1C. The second-order valence-electron chi connectivity index (χ2n) is 5.21. The minimum absolute atomic E-state index is 0.116. The Morgan fingerprint density at radius 2 is 2.00 bits per heavy atom. The fourth-order valence-electron chi connectivity index (χ4n) is 2.08. The Labute approximate surface area is 136 Å². The molecule has 0 spiro atoms. The van der Waals surface area contributed by atoms with Gasteiger partial charge < -0.3 is 10.1 Å². The van der Waals surface area contributed by atoms with E-state index in [4.69, 9.17) is 4.74 Å². The van der Waals surface area contributed by atoms with Crippen LogP contribution in [0.2, 0.25) is 0 Å². The third-order valence-corrected chi connectivity index (χ3v) is 3.37. The molecule has 0 aliphatic carbocycles. The maximum atomic E-state index is 11.8. The fourth-order valence-corrected chi connectivity index (χ4v) is 2.08. The molecular weight excluding hydrogens is 290 g/mol. The molecular formula is C18H21N3O2. The monoisotopic (exact) mass is 311 g/mol. The molecule has 5 nitrogen and oxygen atoms in total. The summed E-state index contributed by atoms with van der Waals surface area (Å²) in [5.41, 5.74) is 6.53. The second-order valence-corrected chi connectivity index (χ2v) is 5.21. The molecule has 0 heterocycles. The molecule has 23 heavy (non-hydrogen) atoms. The lowest BCUT2D eigenvalue weighted by Gasteiger charge is -2.09. The number of nitrogens with zero attached hydrogens (tertiary/aromatic N) is 1. The van der Waals surface area contributed by atoms with E-state index in [1.54, 1.807) is 13.3 Å². The van der Waals surface area contributed by atoms with Crippen LogP contribution in [0.15, 0.2) is 47.6 Å². The lowest BCUT2D eigenvalue weighted by Crippen LogP contribution is -2.26. The van der Waals surface area contributed by atoms with Crippen molar-refractivity contribution in [3.05, 3.63) is 59.2 Å². The highest BCUT2D eigenvalue weighted by atomic mass is 16.5. The summed E-state index contributed by atoms with van der Waals surface area (Å²) in [7, 11) is 1.59. The van der Waals surface area contributed by atoms with Crippen LogP contribution in [0.5, 0.6) is 5.75 Å². The van der Waals surface area contributed by atoms with E-state index in [9.17, 15) is 4.79 Å². The van der Waals surface area contributed by atoms with Crippen molar-refractivity contribution in [1.29, 1.82) is 0 Å². The number of carbonyl (C=O) groups is 1. The van der Waals surface area contributed by atoms with Gasteiger partial charge in [-0.2, -0.15) is 5.10 Å². The van der Waals surface area contributed by atoms with Crippen molar-refractivity contribution >= 4 is 17.8 Å². The first-order valence-corrected chi connectivity index (χ1v) is 7.36. The van der Waals surface area contributed by atoms with Crippen LogP contribution in [-0.4, -0.2) is 25.8 Å². The molecule has 0 saturated heterocycles. The standard InChI is InChI=1S/C18H21N3O2/c1-13-8-9-14(2)15(10-13)11-20-21-18(22)12-19-16-6-4-5-7-17(16)23-3/h4-11,19H,12H2,1-3H3,(H,21,22)/b20-11+. The number of hydrazone groups is 1. The topological polar surface area (TPSA) is 62.7 Å². The number of anilines is 1. The van der Waals surface area contributed by atoms with Gasteiger partial charge in [0.15, 0.2) is 0 Å². The number of benzene rings is 2. The third-order valence-electron chi connectivity index (χ3n) is 3.37. The van der Waals surface area contributed by atoms with E-state index in [0.717, 1.165) is 22.4 Å². The average molecular weight is 311 g/mol. The van der Waals surface area contributed by atoms with Crippen molar-refractivity contribution in [3.63, 3.8) is 0 Å². The molecule has 2 aromatic rings. The summed E-state index contributed by atoms with van der Waals surface area (Å²) in [6, 6.07) is 13.5. The maximum Gasteiger partial charge on any atom is 0.259 e. The van der Waals surface area contributed by atoms with Crippen LogP contribution in [0.3, 0.4) is 0 Å². The van der Waals surface area contributed by atoms with Crippen LogP contribution >= 0.6 is 0 Å². The zero-order valence-corrected chi connectivity index (χ0v) is 13.6. The van der Waals surface area contributed by atoms with E-state index in [0.29, 0.717) is 5.75 Å². The molecule has 0 atom stereocenters. The first kappa shape index (κ1) is 16.5. The Hall–Kier alpha value is -2.82. The molecule has 2 aromatic carbocycles. The average Bonchev–Trinajstić information content (AvgIpc) is 2.56. The number of carbonyl (C=O) groups excluding carboxylic acids is 1. The Bertz CT molecular complexity index is 711. The van der Waals surface area contributed by atoms with E-state index in [1.807, 2.05) is 56.3 Å². The molecule has 0 bridgehead atoms. The van der Waals surface area contributed by atoms with Gasteiger partial charge in [-0.3, -0.25) is 4.79 Å². The van der Waals surface area contributed by atoms with Crippen LogP contribution in [0.25, 0.3) is 0 Å². The van der Waals surface area contributed by atoms with Gasteiger partial charge in [0, 0.05) is 0 Å². The predicted molar refractivity (Wildman–Crippen MR) is 93.1 cm³/mol. The van der Waals surface area contributed by atoms with Gasteiger partial charge in [-0.05, 0) is 37.1 Å². The zero-order valence-electron chi connectivity index (χ0n) is 13.6. The molecule has 2 rings (SSSR count). The van der Waals surface area contributed by atoms with Gasteiger partial charge in [0.25, 0.3) is 5.91 Å². The van der Waals surface area contributed by atoms with E-state index in [-0.39, 0.29) is 12.5 Å². The summed E-state index contributed by atoms with van der Waals surface area (Å²) in [6.45, 7) is 4.14. The number of amides is 1. The molecule has 0 saturated carbocycles. The van der Waals surface area contributed by atoms with E-state index in [1.165, 1.54) is 0 Å². The van der Waals surface area contributed by atoms with Crippen molar-refractivity contribution in [2.45, 2.75) is 13.8 Å². The number of hydrogen-bond donors (Lipinski definition) is 2. The number of para-hydroxylation sites is 2. The van der Waals surface area contributed by atoms with E-state index in [2.05, 4.69) is 15.8 Å². The summed E-state index contributed by atoms with van der Waals surface area (Å²) < 4.78 is 5.22. The normalized spacial score (nSPS) is 10.6. The lowest BCUT2D eigenvalue weighted by molar-refractivity contribution is -0.119. The molecule has 0 aliphatic heterocycles. The predicted octanol–water partition coefficient (Wildman–Crippen LogP) is 2.87. The van der Waals surface area contributed by atoms with Crippen molar-refractivity contribution in [2.24, 2.45) is 5.10 Å². The number of hydrogen-bond acceptors (Lipinski definition) is 4. The first-order chi connectivity index (χ1) is 11.1. The summed E-state index contributed by atoms with van der Waals surface area (Å²) in [5, 5.41) is 7.02. The van der Waals surface area contributed by atoms with Crippen LogP contribution < -0.4 is 15.5 Å². The Morgan fingerprint density at radius 1 is 1.22 bits per heavy atom. The highest BCUT2D eigenvalue weighted by Gasteiger charge is 2.04. The van der Waals surface area contributed by atoms with E-state index >= 15 is 0 Å². The quantitative estimate of drug-likeness (QED) is 0.637. The maximum absolute atomic E-state index is 11.8. The molecule has 120 valence electrons. The van der Waals surface area contributed by atoms with Crippen LogP contribution in [0, 0.1) is 13.8 Å². The number of nitrogens with one attached hydrogen (secondary N) is 2. The van der Waals surface area contributed by atoms with Gasteiger partial charge in [-0.1, -0.05) is 35.9 Å². The lowest BCUT2D eigenvalue weighted by atomic mass is 10.1. The molecule has 0 radical (unpaired) electrons. The fraction of sp³-hybridized carbons (Fsp3) is 0.222. The van der Waals surface area contributed by atoms with Crippen LogP contribution in [0.4, 0.5) is 5.69 Å². The van der Waals surface area contributed by atoms with Crippen molar-refractivity contribution in [3.8, 4) is 5.75 Å². The van der Waals surface area contributed by atoms with Gasteiger partial charge in [0.1, 0.15) is 5.75 Å². The van der Waals surface area contributed by atoms with Gasteiger partial charge in [-0.25, -0.2) is 5.43 Å². The van der Waals surface area contributed by atoms with Gasteiger partial charge >= 0.3 is 0 Å². The van der Waals surface area contributed by atoms with Crippen molar-refractivity contribution in [1.82, 2.24) is 5.43 Å². The summed E-state index contributed by atoms with van der Waals surface area (Å²) in [5.74, 6) is 0.469. The molecule has 2 N–H and O–H groups in total. The van der Waals surface area contributed by atoms with Gasteiger partial charge in [0.2, 0.25) is 0 Å². The largest absolute Gasteiger partial charge is 0.495 e. The summed E-state index contributed by atoms with van der Waals surface area (Å²) >= 11 is 0. The van der Waals surface area contributed by atoms with Gasteiger partial charge in [0.05, 0.1) is 25.6 Å². The Kier molecular flexibility index (Phi) is 5.74. The Morgan fingerprint density at radius 3 is 2.78 bits per heavy atom. The number of rotatable bonds is 6. The smallest absolute Gasteiger partial charge is 0.259 e. The highest BCUT2D eigenvalue weighted by Crippen LogP contribution is 2.22. The molecule has 5 heteroatoms. The molecule has 0 unspecified atom stereocenters. The van der Waals surface area contributed by atoms with Crippen LogP contribution in [0.1, 0.15) is 16.7 Å². The van der Waals surface area contributed by atoms with Crippen molar-refractivity contribution < 1.29 is 9.53 Å². The molecule has 0 fully saturated rings. The summed E-state index contributed by atoms with van der Waals surface area (Å²) in [4.78, 5) is 11.8. The zero-order chi connectivity index (χ0) is 16.7.